The van der Waals surface area contributed by atoms with E-state index in [0.717, 1.165) is 5.56 Å². The van der Waals surface area contributed by atoms with Crippen LogP contribution in [0.4, 0.5) is 5.69 Å². The molecule has 1 unspecified atom stereocenters. The number of anilines is 1. The molecule has 6 heteroatoms. The first kappa shape index (κ1) is 10.1. The third-order valence-electron chi connectivity index (χ3n) is 2.04. The van der Waals surface area contributed by atoms with Crippen LogP contribution in [0.15, 0.2) is 23.2 Å². The summed E-state index contributed by atoms with van der Waals surface area (Å²) in [6.45, 7) is 0. The van der Waals surface area contributed by atoms with Crippen molar-refractivity contribution in [3.63, 3.8) is 0 Å². The minimum Gasteiger partial charge on any atom is -0.322 e. The molecular weight excluding hydrogens is 216 g/mol. The maximum Gasteiger partial charge on any atom is 0.265 e. The van der Waals surface area contributed by atoms with E-state index in [1.54, 1.807) is 24.4 Å². The number of nitrogens with one attached hydrogen (secondary N) is 2. The van der Waals surface area contributed by atoms with Gasteiger partial charge in [-0.2, -0.15) is 0 Å². The van der Waals surface area contributed by atoms with Crippen LogP contribution in [0.5, 0.6) is 0 Å². The van der Waals surface area contributed by atoms with Crippen LogP contribution in [0.1, 0.15) is 5.56 Å². The molecule has 78 valence electrons. The number of hydrogen-bond donors (Lipinski definition) is 3. The monoisotopic (exact) mass is 224 g/mol. The summed E-state index contributed by atoms with van der Waals surface area (Å²) in [5.74, 6) is 4.88. The first-order valence-electron chi connectivity index (χ1n) is 4.30. The van der Waals surface area contributed by atoms with Crippen molar-refractivity contribution in [3.05, 3.63) is 28.8 Å². The number of benzodiazepines with no additional fused rings is 1. The van der Waals surface area contributed by atoms with Gasteiger partial charge < -0.3 is 5.32 Å². The summed E-state index contributed by atoms with van der Waals surface area (Å²) in [5.41, 5.74) is 3.73. The van der Waals surface area contributed by atoms with Gasteiger partial charge in [0, 0.05) is 22.5 Å². The van der Waals surface area contributed by atoms with Crippen LogP contribution < -0.4 is 16.6 Å². The molecule has 1 amide bonds. The summed E-state index contributed by atoms with van der Waals surface area (Å²) in [6, 6.07) is 5.14. The van der Waals surface area contributed by atoms with Gasteiger partial charge >= 0.3 is 0 Å². The van der Waals surface area contributed by atoms with Gasteiger partial charge in [0.1, 0.15) is 0 Å². The lowest BCUT2D eigenvalue weighted by atomic mass is 10.2. The molecule has 0 saturated heterocycles. The zero-order chi connectivity index (χ0) is 10.8. The largest absolute Gasteiger partial charge is 0.322 e. The van der Waals surface area contributed by atoms with Gasteiger partial charge in [-0.05, 0) is 18.2 Å². The van der Waals surface area contributed by atoms with E-state index in [9.17, 15) is 4.79 Å². The molecule has 5 nitrogen and oxygen atoms in total. The molecule has 4 N–H and O–H groups in total. The predicted octanol–water partition coefficient (Wildman–Crippen LogP) is 0.500. The van der Waals surface area contributed by atoms with Gasteiger partial charge in [0.05, 0.1) is 0 Å². The maximum absolute atomic E-state index is 11.5. The van der Waals surface area contributed by atoms with E-state index in [4.69, 9.17) is 17.4 Å². The highest BCUT2D eigenvalue weighted by atomic mass is 35.5. The summed E-state index contributed by atoms with van der Waals surface area (Å²) in [4.78, 5) is 15.5. The molecule has 0 saturated carbocycles. The number of carbonyl (C=O) groups is 1. The topological polar surface area (TPSA) is 79.5 Å². The third kappa shape index (κ3) is 1.99. The van der Waals surface area contributed by atoms with E-state index in [1.165, 1.54) is 0 Å². The summed E-state index contributed by atoms with van der Waals surface area (Å²) < 4.78 is 0. The second-order valence-electron chi connectivity index (χ2n) is 3.07. The Morgan fingerprint density at radius 3 is 3.07 bits per heavy atom. The van der Waals surface area contributed by atoms with E-state index >= 15 is 0 Å². The fourth-order valence-electron chi connectivity index (χ4n) is 1.30. The summed E-state index contributed by atoms with van der Waals surface area (Å²) in [5, 5.41) is 3.28. The van der Waals surface area contributed by atoms with Crippen molar-refractivity contribution in [3.8, 4) is 0 Å². The van der Waals surface area contributed by atoms with Crippen molar-refractivity contribution in [2.45, 2.75) is 6.17 Å². The molecule has 0 radical (unpaired) electrons. The van der Waals surface area contributed by atoms with E-state index in [2.05, 4.69) is 15.7 Å². The first-order valence-corrected chi connectivity index (χ1v) is 4.68. The number of amides is 1. The van der Waals surface area contributed by atoms with Crippen LogP contribution in [0, 0.1) is 0 Å². The number of hydrazine groups is 1. The molecule has 15 heavy (non-hydrogen) atoms. The number of nitrogens with two attached hydrogens (primary N) is 1. The Bertz CT molecular complexity index is 432. The average molecular weight is 225 g/mol. The van der Waals surface area contributed by atoms with Gasteiger partial charge in [-0.15, -0.1) is 0 Å². The normalized spacial score (nSPS) is 19.3. The summed E-state index contributed by atoms with van der Waals surface area (Å²) >= 11 is 5.82. The van der Waals surface area contributed by atoms with Gasteiger partial charge in [-0.1, -0.05) is 11.6 Å². The number of benzene rings is 1. The van der Waals surface area contributed by atoms with Crippen molar-refractivity contribution in [2.75, 3.05) is 5.32 Å². The standard InChI is InChI=1S/C9H9ClN4O/c10-6-1-2-7-5(3-6)4-12-8(14-11)9(15)13-7/h1-4,8,14H,11H2,(H,13,15). The van der Waals surface area contributed by atoms with Gasteiger partial charge in [0.15, 0.2) is 6.17 Å². The van der Waals surface area contributed by atoms with Crippen LogP contribution in [0.25, 0.3) is 0 Å². The molecule has 0 aliphatic carbocycles. The Morgan fingerprint density at radius 2 is 2.33 bits per heavy atom. The number of hydrogen-bond acceptors (Lipinski definition) is 4. The minimum absolute atomic E-state index is 0.296. The van der Waals surface area contributed by atoms with E-state index < -0.39 is 6.17 Å². The van der Waals surface area contributed by atoms with Crippen molar-refractivity contribution in [1.29, 1.82) is 0 Å². The second-order valence-corrected chi connectivity index (χ2v) is 3.50. The van der Waals surface area contributed by atoms with Crippen molar-refractivity contribution in [2.24, 2.45) is 10.8 Å². The molecule has 0 spiro atoms. The van der Waals surface area contributed by atoms with Crippen LogP contribution in [-0.2, 0) is 4.79 Å². The highest BCUT2D eigenvalue weighted by Crippen LogP contribution is 2.20. The number of nitrogens with zero attached hydrogens (tertiary/aromatic N) is 1. The molecule has 1 aromatic carbocycles. The molecule has 2 rings (SSSR count). The van der Waals surface area contributed by atoms with Crippen LogP contribution in [0.3, 0.4) is 0 Å². The van der Waals surface area contributed by atoms with E-state index in [0.29, 0.717) is 10.7 Å². The van der Waals surface area contributed by atoms with Crippen LogP contribution >= 0.6 is 11.6 Å². The highest BCUT2D eigenvalue weighted by molar-refractivity contribution is 6.31. The SMILES string of the molecule is NNC1N=Cc2cc(Cl)ccc2NC1=O. The smallest absolute Gasteiger partial charge is 0.265 e. The third-order valence-corrected chi connectivity index (χ3v) is 2.28. The van der Waals surface area contributed by atoms with Crippen molar-refractivity contribution >= 4 is 29.4 Å². The summed E-state index contributed by atoms with van der Waals surface area (Å²) in [7, 11) is 0. The lowest BCUT2D eigenvalue weighted by molar-refractivity contribution is -0.117. The zero-order valence-electron chi connectivity index (χ0n) is 7.70. The number of fused-ring (bicyclic) bond motifs is 1. The lowest BCUT2D eigenvalue weighted by Crippen LogP contribution is -2.42. The summed E-state index contributed by atoms with van der Waals surface area (Å²) in [6.07, 6.45) is 0.792. The zero-order valence-corrected chi connectivity index (χ0v) is 8.45. The van der Waals surface area contributed by atoms with Gasteiger partial charge in [0.2, 0.25) is 0 Å². The highest BCUT2D eigenvalue weighted by Gasteiger charge is 2.19. The van der Waals surface area contributed by atoms with E-state index in [-0.39, 0.29) is 5.91 Å². The number of halogens is 1. The molecule has 1 aromatic rings. The number of carbonyl (C=O) groups excluding carboxylic acids is 1. The maximum atomic E-state index is 11.5. The molecule has 1 heterocycles. The molecule has 1 aliphatic heterocycles. The second kappa shape index (κ2) is 3.98. The Hall–Kier alpha value is -1.43. The molecule has 0 fully saturated rings. The molecule has 0 bridgehead atoms. The fraction of sp³-hybridized carbons (Fsp3) is 0.111. The average Bonchev–Trinajstić information content (AvgIpc) is 2.36. The molecule has 1 aliphatic rings. The Labute approximate surface area is 91.3 Å². The Morgan fingerprint density at radius 1 is 1.53 bits per heavy atom. The molecule has 1 atom stereocenters. The molecular formula is C9H9ClN4O. The van der Waals surface area contributed by atoms with Crippen molar-refractivity contribution in [1.82, 2.24) is 5.43 Å². The Kier molecular flexibility index (Phi) is 2.68. The van der Waals surface area contributed by atoms with Gasteiger partial charge in [-0.3, -0.25) is 15.6 Å². The van der Waals surface area contributed by atoms with Crippen LogP contribution in [-0.4, -0.2) is 18.3 Å². The fourth-order valence-corrected chi connectivity index (χ4v) is 1.48. The minimum atomic E-state index is -0.767. The van der Waals surface area contributed by atoms with Gasteiger partial charge in [0.25, 0.3) is 5.91 Å². The first-order chi connectivity index (χ1) is 7.20. The van der Waals surface area contributed by atoms with Gasteiger partial charge in [-0.25, -0.2) is 5.43 Å². The Balaban J connectivity index is 2.41. The number of aliphatic imine (C=N–C) groups is 1. The quantitative estimate of drug-likeness (QED) is 0.480. The molecule has 0 aromatic heterocycles. The predicted molar refractivity (Wildman–Crippen MR) is 58.8 cm³/mol. The van der Waals surface area contributed by atoms with Crippen molar-refractivity contribution < 1.29 is 4.79 Å². The van der Waals surface area contributed by atoms with Crippen LogP contribution in [0.2, 0.25) is 5.02 Å². The van der Waals surface area contributed by atoms with E-state index in [1.807, 2.05) is 0 Å². The lowest BCUT2D eigenvalue weighted by Gasteiger charge is -2.08. The number of rotatable bonds is 1.